The maximum absolute atomic E-state index is 11.5. The van der Waals surface area contributed by atoms with Crippen molar-refractivity contribution in [3.05, 3.63) is 70.1 Å². The molecule has 1 N–H and O–H groups in total. The Balaban J connectivity index is 2.08. The topological polar surface area (TPSA) is 51.5 Å². The number of rotatable bonds is 4. The quantitative estimate of drug-likeness (QED) is 0.584. The van der Waals surface area contributed by atoms with E-state index >= 15 is 0 Å². The van der Waals surface area contributed by atoms with Crippen molar-refractivity contribution in [2.75, 3.05) is 19.5 Å². The number of hydrogen-bond donors (Lipinski definition) is 1. The highest BCUT2D eigenvalue weighted by atomic mass is 16.5. The molecule has 0 spiro atoms. The van der Waals surface area contributed by atoms with Gasteiger partial charge in [0.1, 0.15) is 11.3 Å². The van der Waals surface area contributed by atoms with Crippen LogP contribution in [0.5, 0.6) is 5.75 Å². The average Bonchev–Trinajstić information content (AvgIpc) is 2.60. The number of fused-ring (bicyclic) bond motifs is 1. The van der Waals surface area contributed by atoms with Crippen LogP contribution in [0.4, 0.5) is 5.69 Å². The SMILES string of the molecule is CNc1ccc(C=Cc2c(OC)ccc3ccc(=O)oc23)cc1. The molecule has 2 aromatic carbocycles. The lowest BCUT2D eigenvalue weighted by Gasteiger charge is -2.07. The van der Waals surface area contributed by atoms with Gasteiger partial charge in [0, 0.05) is 24.2 Å². The molecule has 0 amide bonds. The maximum atomic E-state index is 11.5. The van der Waals surface area contributed by atoms with E-state index in [0.29, 0.717) is 11.3 Å². The van der Waals surface area contributed by atoms with E-state index in [1.165, 1.54) is 6.07 Å². The Bertz CT molecular complexity index is 908. The molecule has 1 heterocycles. The van der Waals surface area contributed by atoms with Crippen LogP contribution < -0.4 is 15.7 Å². The van der Waals surface area contributed by atoms with Gasteiger partial charge in [-0.15, -0.1) is 0 Å². The average molecular weight is 307 g/mol. The molecule has 0 radical (unpaired) electrons. The monoisotopic (exact) mass is 307 g/mol. The summed E-state index contributed by atoms with van der Waals surface area (Å²) in [6.45, 7) is 0. The Morgan fingerprint density at radius 3 is 2.43 bits per heavy atom. The van der Waals surface area contributed by atoms with E-state index in [-0.39, 0.29) is 5.63 Å². The molecule has 1 aromatic heterocycles. The lowest BCUT2D eigenvalue weighted by atomic mass is 10.1. The maximum Gasteiger partial charge on any atom is 0.336 e. The summed E-state index contributed by atoms with van der Waals surface area (Å²) >= 11 is 0. The van der Waals surface area contributed by atoms with Gasteiger partial charge >= 0.3 is 5.63 Å². The van der Waals surface area contributed by atoms with Crippen LogP contribution in [0.1, 0.15) is 11.1 Å². The van der Waals surface area contributed by atoms with Crippen LogP contribution in [0, 0.1) is 0 Å². The second-order valence-electron chi connectivity index (χ2n) is 5.06. The van der Waals surface area contributed by atoms with Gasteiger partial charge in [-0.3, -0.25) is 0 Å². The minimum atomic E-state index is -0.376. The fraction of sp³-hybridized carbons (Fsp3) is 0.105. The number of nitrogens with one attached hydrogen (secondary N) is 1. The van der Waals surface area contributed by atoms with Gasteiger partial charge in [0.2, 0.25) is 0 Å². The summed E-state index contributed by atoms with van der Waals surface area (Å²) in [7, 11) is 3.48. The summed E-state index contributed by atoms with van der Waals surface area (Å²) in [6.07, 6.45) is 3.86. The van der Waals surface area contributed by atoms with Gasteiger partial charge in [0.15, 0.2) is 0 Å². The Labute approximate surface area is 134 Å². The van der Waals surface area contributed by atoms with Gasteiger partial charge in [-0.1, -0.05) is 18.2 Å². The van der Waals surface area contributed by atoms with E-state index in [1.54, 1.807) is 13.2 Å². The van der Waals surface area contributed by atoms with Crippen molar-refractivity contribution in [1.29, 1.82) is 0 Å². The zero-order chi connectivity index (χ0) is 16.2. The third-order valence-corrected chi connectivity index (χ3v) is 3.65. The molecule has 0 atom stereocenters. The van der Waals surface area contributed by atoms with Crippen molar-refractivity contribution >= 4 is 28.8 Å². The molecule has 0 aliphatic carbocycles. The molecule has 0 aliphatic heterocycles. The molecule has 23 heavy (non-hydrogen) atoms. The summed E-state index contributed by atoms with van der Waals surface area (Å²) in [6, 6.07) is 14.9. The number of ether oxygens (including phenoxy) is 1. The highest BCUT2D eigenvalue weighted by molar-refractivity contribution is 5.91. The lowest BCUT2D eigenvalue weighted by molar-refractivity contribution is 0.413. The van der Waals surface area contributed by atoms with Crippen LogP contribution in [-0.2, 0) is 0 Å². The highest BCUT2D eigenvalue weighted by Gasteiger charge is 2.08. The van der Waals surface area contributed by atoms with Gasteiger partial charge in [-0.2, -0.15) is 0 Å². The van der Waals surface area contributed by atoms with Gasteiger partial charge in [0.25, 0.3) is 0 Å². The smallest absolute Gasteiger partial charge is 0.336 e. The molecular formula is C19H17NO3. The van der Waals surface area contributed by atoms with Gasteiger partial charge in [0.05, 0.1) is 12.7 Å². The standard InChI is InChI=1S/C19H17NO3/c1-20-15-8-3-13(4-9-15)5-10-16-17(22-2)11-6-14-7-12-18(21)23-19(14)16/h3-12,20H,1-2H3. The molecule has 3 aromatic rings. The van der Waals surface area contributed by atoms with E-state index < -0.39 is 0 Å². The molecule has 4 heteroatoms. The van der Waals surface area contributed by atoms with Crippen molar-refractivity contribution in [1.82, 2.24) is 0 Å². The number of hydrogen-bond acceptors (Lipinski definition) is 4. The number of anilines is 1. The molecule has 0 saturated carbocycles. The van der Waals surface area contributed by atoms with Crippen LogP contribution in [0.2, 0.25) is 0 Å². The van der Waals surface area contributed by atoms with E-state index in [1.807, 2.05) is 55.6 Å². The first-order valence-corrected chi connectivity index (χ1v) is 7.28. The molecule has 0 unspecified atom stereocenters. The summed E-state index contributed by atoms with van der Waals surface area (Å²) < 4.78 is 10.8. The zero-order valence-electron chi connectivity index (χ0n) is 13.0. The Morgan fingerprint density at radius 1 is 1.00 bits per heavy atom. The number of methoxy groups -OCH3 is 1. The second kappa shape index (κ2) is 6.40. The van der Waals surface area contributed by atoms with Gasteiger partial charge in [-0.25, -0.2) is 4.79 Å². The van der Waals surface area contributed by atoms with E-state index in [0.717, 1.165) is 22.2 Å². The van der Waals surface area contributed by atoms with Crippen LogP contribution in [0.15, 0.2) is 57.7 Å². The van der Waals surface area contributed by atoms with Gasteiger partial charge in [-0.05, 0) is 42.0 Å². The molecule has 0 fully saturated rings. The van der Waals surface area contributed by atoms with Crippen LogP contribution in [0.3, 0.4) is 0 Å². The van der Waals surface area contributed by atoms with E-state index in [9.17, 15) is 4.79 Å². The first-order valence-electron chi connectivity index (χ1n) is 7.28. The Hall–Kier alpha value is -3.01. The van der Waals surface area contributed by atoms with Crippen molar-refractivity contribution in [2.24, 2.45) is 0 Å². The normalized spacial score (nSPS) is 11.0. The Morgan fingerprint density at radius 2 is 1.74 bits per heavy atom. The molecule has 116 valence electrons. The van der Waals surface area contributed by atoms with Crippen LogP contribution >= 0.6 is 0 Å². The van der Waals surface area contributed by atoms with E-state index in [4.69, 9.17) is 9.15 Å². The molecule has 4 nitrogen and oxygen atoms in total. The largest absolute Gasteiger partial charge is 0.496 e. The van der Waals surface area contributed by atoms with Crippen molar-refractivity contribution in [3.8, 4) is 5.75 Å². The molecule has 3 rings (SSSR count). The molecule has 0 saturated heterocycles. The summed E-state index contributed by atoms with van der Waals surface area (Å²) in [5.74, 6) is 0.662. The van der Waals surface area contributed by atoms with Crippen LogP contribution in [-0.4, -0.2) is 14.2 Å². The fourth-order valence-electron chi connectivity index (χ4n) is 2.41. The minimum Gasteiger partial charge on any atom is -0.496 e. The van der Waals surface area contributed by atoms with Crippen molar-refractivity contribution < 1.29 is 9.15 Å². The highest BCUT2D eigenvalue weighted by Crippen LogP contribution is 2.29. The zero-order valence-corrected chi connectivity index (χ0v) is 13.0. The summed E-state index contributed by atoms with van der Waals surface area (Å²) in [4.78, 5) is 11.5. The molecule has 0 bridgehead atoms. The first-order chi connectivity index (χ1) is 11.2. The van der Waals surface area contributed by atoms with Crippen LogP contribution in [0.25, 0.3) is 23.1 Å². The van der Waals surface area contributed by atoms with Crippen molar-refractivity contribution in [2.45, 2.75) is 0 Å². The molecule has 0 aliphatic rings. The Kier molecular flexibility index (Phi) is 4.15. The minimum absolute atomic E-state index is 0.376. The van der Waals surface area contributed by atoms with Gasteiger partial charge < -0.3 is 14.5 Å². The third-order valence-electron chi connectivity index (χ3n) is 3.65. The van der Waals surface area contributed by atoms with E-state index in [2.05, 4.69) is 5.32 Å². The second-order valence-corrected chi connectivity index (χ2v) is 5.06. The predicted molar refractivity (Wildman–Crippen MR) is 94.0 cm³/mol. The number of benzene rings is 2. The first kappa shape index (κ1) is 14.9. The lowest BCUT2D eigenvalue weighted by Crippen LogP contribution is -1.97. The predicted octanol–water partition coefficient (Wildman–Crippen LogP) is 4.01. The third kappa shape index (κ3) is 3.11. The molecular weight excluding hydrogens is 290 g/mol. The fourth-order valence-corrected chi connectivity index (χ4v) is 2.41. The summed E-state index contributed by atoms with van der Waals surface area (Å²) in [5.41, 5.74) is 3.00. The summed E-state index contributed by atoms with van der Waals surface area (Å²) in [5, 5.41) is 3.94. The van der Waals surface area contributed by atoms with Crippen molar-refractivity contribution in [3.63, 3.8) is 0 Å².